The summed E-state index contributed by atoms with van der Waals surface area (Å²) in [4.78, 5) is 33.6. The molecule has 2 aromatic heterocycles. The van der Waals surface area contributed by atoms with Crippen molar-refractivity contribution in [2.24, 2.45) is 0 Å². The number of hydrogen-bond acceptors (Lipinski definition) is 5. The van der Waals surface area contributed by atoms with E-state index < -0.39 is 0 Å². The molecular formula is C15H19N5O3. The van der Waals surface area contributed by atoms with Crippen LogP contribution in [0.1, 0.15) is 23.3 Å². The van der Waals surface area contributed by atoms with E-state index in [2.05, 4.69) is 15.1 Å². The van der Waals surface area contributed by atoms with Gasteiger partial charge in [0.2, 0.25) is 5.91 Å². The first-order valence-corrected chi connectivity index (χ1v) is 7.48. The van der Waals surface area contributed by atoms with Crippen LogP contribution in [-0.2, 0) is 16.1 Å². The third kappa shape index (κ3) is 3.31. The molecule has 1 saturated heterocycles. The van der Waals surface area contributed by atoms with Crippen LogP contribution in [-0.4, -0.2) is 50.3 Å². The van der Waals surface area contributed by atoms with E-state index in [0.29, 0.717) is 31.3 Å². The molecule has 0 radical (unpaired) electrons. The lowest BCUT2D eigenvalue weighted by Gasteiger charge is -2.34. The van der Waals surface area contributed by atoms with Crippen LogP contribution in [0.25, 0.3) is 0 Å². The van der Waals surface area contributed by atoms with E-state index in [-0.39, 0.29) is 24.1 Å². The van der Waals surface area contributed by atoms with Gasteiger partial charge in [-0.2, -0.15) is 5.10 Å². The Morgan fingerprint density at radius 1 is 1.43 bits per heavy atom. The summed E-state index contributed by atoms with van der Waals surface area (Å²) < 4.78 is 6.67. The molecule has 2 aromatic rings. The molecule has 1 amide bonds. The summed E-state index contributed by atoms with van der Waals surface area (Å²) in [5.41, 5.74) is 1.33. The summed E-state index contributed by atoms with van der Waals surface area (Å²) in [5.74, 6) is 0.521. The van der Waals surface area contributed by atoms with Crippen LogP contribution < -0.4 is 5.56 Å². The van der Waals surface area contributed by atoms with E-state index in [0.717, 1.165) is 5.69 Å². The Morgan fingerprint density at radius 3 is 3.00 bits per heavy atom. The van der Waals surface area contributed by atoms with Gasteiger partial charge >= 0.3 is 0 Å². The predicted molar refractivity (Wildman–Crippen MR) is 81.8 cm³/mol. The van der Waals surface area contributed by atoms with Crippen LogP contribution in [0.3, 0.4) is 0 Å². The molecule has 3 heterocycles. The van der Waals surface area contributed by atoms with Gasteiger partial charge in [-0.15, -0.1) is 0 Å². The zero-order valence-corrected chi connectivity index (χ0v) is 13.2. The number of rotatable bonds is 3. The molecule has 1 N–H and O–H groups in total. The van der Waals surface area contributed by atoms with E-state index in [4.69, 9.17) is 4.74 Å². The molecule has 8 heteroatoms. The number of ether oxygens (including phenoxy) is 1. The molecule has 1 aliphatic rings. The van der Waals surface area contributed by atoms with Gasteiger partial charge in [-0.3, -0.25) is 9.59 Å². The Kier molecular flexibility index (Phi) is 4.24. The fourth-order valence-electron chi connectivity index (χ4n) is 2.61. The van der Waals surface area contributed by atoms with E-state index >= 15 is 0 Å². The number of H-pyrrole nitrogens is 1. The van der Waals surface area contributed by atoms with Gasteiger partial charge in [-0.05, 0) is 19.9 Å². The van der Waals surface area contributed by atoms with Crippen molar-refractivity contribution in [3.05, 3.63) is 45.9 Å². The van der Waals surface area contributed by atoms with Gasteiger partial charge in [-0.25, -0.2) is 9.67 Å². The molecule has 1 fully saturated rings. The standard InChI is InChI=1S/C15H19N5O3/c1-10-3-4-13(21)20(18-10)8-14(22)19-5-6-23-9-12(19)15-16-7-11(2)17-15/h3-4,7,12H,5-6,8-9H2,1-2H3,(H,16,17)/t12-/m0/s1. The third-order valence-electron chi connectivity index (χ3n) is 3.77. The highest BCUT2D eigenvalue weighted by Crippen LogP contribution is 2.22. The molecule has 23 heavy (non-hydrogen) atoms. The molecule has 1 atom stereocenters. The number of carbonyl (C=O) groups excluding carboxylic acids is 1. The lowest BCUT2D eigenvalue weighted by molar-refractivity contribution is -0.141. The Hall–Kier alpha value is -2.48. The minimum Gasteiger partial charge on any atom is -0.377 e. The topological polar surface area (TPSA) is 93.1 Å². The highest BCUT2D eigenvalue weighted by molar-refractivity contribution is 5.76. The number of aromatic amines is 1. The first-order chi connectivity index (χ1) is 11.0. The van der Waals surface area contributed by atoms with E-state index in [1.807, 2.05) is 6.92 Å². The second-order valence-electron chi connectivity index (χ2n) is 5.60. The zero-order chi connectivity index (χ0) is 16.4. The van der Waals surface area contributed by atoms with Crippen molar-refractivity contribution in [3.8, 4) is 0 Å². The molecule has 0 aliphatic carbocycles. The van der Waals surface area contributed by atoms with Crippen molar-refractivity contribution in [1.29, 1.82) is 0 Å². The molecular weight excluding hydrogens is 298 g/mol. The largest absolute Gasteiger partial charge is 0.377 e. The summed E-state index contributed by atoms with van der Waals surface area (Å²) in [6.07, 6.45) is 1.72. The van der Waals surface area contributed by atoms with Crippen molar-refractivity contribution in [2.75, 3.05) is 19.8 Å². The van der Waals surface area contributed by atoms with Crippen LogP contribution >= 0.6 is 0 Å². The van der Waals surface area contributed by atoms with Gasteiger partial charge in [0.1, 0.15) is 18.4 Å². The lowest BCUT2D eigenvalue weighted by atomic mass is 10.2. The predicted octanol–water partition coefficient (Wildman–Crippen LogP) is 0.183. The number of imidazole rings is 1. The molecule has 3 rings (SSSR count). The maximum Gasteiger partial charge on any atom is 0.267 e. The SMILES string of the molecule is Cc1ccc(=O)n(CC(=O)N2CCOC[C@H]2c2ncc(C)[nH]2)n1. The fourth-order valence-corrected chi connectivity index (χ4v) is 2.61. The van der Waals surface area contributed by atoms with E-state index in [9.17, 15) is 9.59 Å². The number of nitrogens with zero attached hydrogens (tertiary/aromatic N) is 4. The number of aromatic nitrogens is 4. The maximum atomic E-state index is 12.7. The summed E-state index contributed by atoms with van der Waals surface area (Å²) in [6, 6.07) is 2.78. The van der Waals surface area contributed by atoms with Gasteiger partial charge < -0.3 is 14.6 Å². The summed E-state index contributed by atoms with van der Waals surface area (Å²) in [6.45, 7) is 4.92. The fraction of sp³-hybridized carbons (Fsp3) is 0.467. The van der Waals surface area contributed by atoms with Crippen molar-refractivity contribution in [2.45, 2.75) is 26.4 Å². The lowest BCUT2D eigenvalue weighted by Crippen LogP contribution is -2.46. The third-order valence-corrected chi connectivity index (χ3v) is 3.77. The summed E-state index contributed by atoms with van der Waals surface area (Å²) in [7, 11) is 0. The Morgan fingerprint density at radius 2 is 2.26 bits per heavy atom. The Labute approximate surface area is 133 Å². The zero-order valence-electron chi connectivity index (χ0n) is 13.2. The van der Waals surface area contributed by atoms with Gasteiger partial charge in [0.05, 0.1) is 18.9 Å². The van der Waals surface area contributed by atoms with Gasteiger partial charge in [0.25, 0.3) is 5.56 Å². The van der Waals surface area contributed by atoms with Gasteiger partial charge in [-0.1, -0.05) is 0 Å². The van der Waals surface area contributed by atoms with Crippen LogP contribution in [0.15, 0.2) is 23.1 Å². The average molecular weight is 317 g/mol. The number of amides is 1. The van der Waals surface area contributed by atoms with Crippen LogP contribution in [0, 0.1) is 13.8 Å². The van der Waals surface area contributed by atoms with Gasteiger partial charge in [0.15, 0.2) is 0 Å². The minimum atomic E-state index is -0.289. The average Bonchev–Trinajstić information content (AvgIpc) is 2.97. The molecule has 0 saturated carbocycles. The first kappa shape index (κ1) is 15.4. The van der Waals surface area contributed by atoms with Crippen LogP contribution in [0.4, 0.5) is 0 Å². The molecule has 0 unspecified atom stereocenters. The molecule has 122 valence electrons. The normalized spacial score (nSPS) is 18.2. The number of hydrogen-bond donors (Lipinski definition) is 1. The minimum absolute atomic E-state index is 0.0866. The number of aryl methyl sites for hydroxylation is 2. The van der Waals surface area contributed by atoms with Crippen molar-refractivity contribution in [1.82, 2.24) is 24.6 Å². The first-order valence-electron chi connectivity index (χ1n) is 7.48. The van der Waals surface area contributed by atoms with Crippen LogP contribution in [0.5, 0.6) is 0 Å². The highest BCUT2D eigenvalue weighted by atomic mass is 16.5. The molecule has 0 bridgehead atoms. The summed E-state index contributed by atoms with van der Waals surface area (Å²) in [5, 5.41) is 4.11. The van der Waals surface area contributed by atoms with E-state index in [1.165, 1.54) is 10.7 Å². The number of morpholine rings is 1. The second kappa shape index (κ2) is 6.33. The van der Waals surface area contributed by atoms with E-state index in [1.54, 1.807) is 24.1 Å². The Balaban J connectivity index is 1.81. The van der Waals surface area contributed by atoms with Crippen molar-refractivity contribution >= 4 is 5.91 Å². The monoisotopic (exact) mass is 317 g/mol. The maximum absolute atomic E-state index is 12.7. The van der Waals surface area contributed by atoms with Crippen LogP contribution in [0.2, 0.25) is 0 Å². The summed E-state index contributed by atoms with van der Waals surface area (Å²) >= 11 is 0. The second-order valence-corrected chi connectivity index (χ2v) is 5.60. The molecule has 8 nitrogen and oxygen atoms in total. The number of carbonyl (C=O) groups is 1. The Bertz CT molecular complexity index is 766. The smallest absolute Gasteiger partial charge is 0.267 e. The molecule has 1 aliphatic heterocycles. The highest BCUT2D eigenvalue weighted by Gasteiger charge is 2.30. The van der Waals surface area contributed by atoms with Crippen molar-refractivity contribution < 1.29 is 9.53 Å². The van der Waals surface area contributed by atoms with Gasteiger partial charge in [0, 0.05) is 24.5 Å². The molecule has 0 spiro atoms. The number of nitrogens with one attached hydrogen (secondary N) is 1. The quantitative estimate of drug-likeness (QED) is 0.872. The molecule has 0 aromatic carbocycles. The van der Waals surface area contributed by atoms with Crippen molar-refractivity contribution in [3.63, 3.8) is 0 Å².